The van der Waals surface area contributed by atoms with Crippen molar-refractivity contribution in [1.82, 2.24) is 14.5 Å². The lowest BCUT2D eigenvalue weighted by Gasteiger charge is -2.32. The molecular formula is C29H31N3O5S. The fourth-order valence-corrected chi connectivity index (χ4v) is 6.10. The SMILES string of the molecule is CCNC(=O)[C@H](Cc1ccccc1)N(Cc1ccc(C)cc1)C(=O)CCN1C(=O)c2ccccc2S1(=O)=O. The summed E-state index contributed by atoms with van der Waals surface area (Å²) in [5, 5.41) is 2.83. The summed E-state index contributed by atoms with van der Waals surface area (Å²) in [5.41, 5.74) is 2.89. The van der Waals surface area contributed by atoms with Crippen molar-refractivity contribution in [2.24, 2.45) is 0 Å². The maximum absolute atomic E-state index is 13.7. The van der Waals surface area contributed by atoms with Crippen LogP contribution < -0.4 is 5.32 Å². The minimum Gasteiger partial charge on any atom is -0.355 e. The second-order valence-electron chi connectivity index (χ2n) is 9.24. The fraction of sp³-hybridized carbons (Fsp3) is 0.276. The van der Waals surface area contributed by atoms with Gasteiger partial charge in [0.15, 0.2) is 0 Å². The molecule has 1 N–H and O–H groups in total. The average molecular weight is 534 g/mol. The zero-order valence-corrected chi connectivity index (χ0v) is 22.3. The molecule has 198 valence electrons. The largest absolute Gasteiger partial charge is 0.355 e. The third-order valence-electron chi connectivity index (χ3n) is 6.54. The highest BCUT2D eigenvalue weighted by molar-refractivity contribution is 7.90. The monoisotopic (exact) mass is 533 g/mol. The lowest BCUT2D eigenvalue weighted by Crippen LogP contribution is -2.51. The number of hydrogen-bond donors (Lipinski definition) is 1. The van der Waals surface area contributed by atoms with Gasteiger partial charge in [0.2, 0.25) is 11.8 Å². The van der Waals surface area contributed by atoms with Crippen molar-refractivity contribution in [3.8, 4) is 0 Å². The van der Waals surface area contributed by atoms with Crippen LogP contribution in [0.5, 0.6) is 0 Å². The first-order chi connectivity index (χ1) is 18.2. The van der Waals surface area contributed by atoms with Crippen LogP contribution in [0.3, 0.4) is 0 Å². The highest BCUT2D eigenvalue weighted by Gasteiger charge is 2.41. The minimum atomic E-state index is -4.04. The van der Waals surface area contributed by atoms with Crippen molar-refractivity contribution >= 4 is 27.7 Å². The summed E-state index contributed by atoms with van der Waals surface area (Å²) in [6, 6.07) is 22.3. The quantitative estimate of drug-likeness (QED) is 0.431. The van der Waals surface area contributed by atoms with E-state index in [1.165, 1.54) is 17.0 Å². The Morgan fingerprint density at radius 3 is 2.24 bits per heavy atom. The number of likely N-dealkylation sites (N-methyl/N-ethyl adjacent to an activating group) is 1. The molecule has 0 saturated carbocycles. The van der Waals surface area contributed by atoms with Crippen molar-refractivity contribution in [2.45, 2.75) is 44.2 Å². The molecule has 0 fully saturated rings. The van der Waals surface area contributed by atoms with E-state index in [-0.39, 0.29) is 42.3 Å². The molecule has 3 amide bonds. The molecular weight excluding hydrogens is 502 g/mol. The van der Waals surface area contributed by atoms with E-state index in [0.29, 0.717) is 6.54 Å². The van der Waals surface area contributed by atoms with Gasteiger partial charge in [-0.15, -0.1) is 0 Å². The highest BCUT2D eigenvalue weighted by Crippen LogP contribution is 2.30. The van der Waals surface area contributed by atoms with Crippen molar-refractivity contribution in [3.05, 3.63) is 101 Å². The van der Waals surface area contributed by atoms with Crippen molar-refractivity contribution in [1.29, 1.82) is 0 Å². The summed E-state index contributed by atoms with van der Waals surface area (Å²) in [6.07, 6.45) is 0.0339. The molecule has 0 unspecified atom stereocenters. The summed E-state index contributed by atoms with van der Waals surface area (Å²) < 4.78 is 26.7. The second-order valence-corrected chi connectivity index (χ2v) is 11.1. The second kappa shape index (κ2) is 11.6. The number of aryl methyl sites for hydroxylation is 1. The van der Waals surface area contributed by atoms with Crippen LogP contribution in [0.2, 0.25) is 0 Å². The van der Waals surface area contributed by atoms with E-state index in [4.69, 9.17) is 0 Å². The van der Waals surface area contributed by atoms with E-state index < -0.39 is 27.9 Å². The molecule has 0 aliphatic carbocycles. The Morgan fingerprint density at radius 2 is 1.58 bits per heavy atom. The van der Waals surface area contributed by atoms with Crippen LogP contribution in [0.15, 0.2) is 83.8 Å². The van der Waals surface area contributed by atoms with Gasteiger partial charge in [-0.05, 0) is 37.1 Å². The maximum atomic E-state index is 13.7. The number of rotatable bonds is 10. The molecule has 1 atom stereocenters. The third-order valence-corrected chi connectivity index (χ3v) is 8.38. The first kappa shape index (κ1) is 27.1. The molecule has 1 heterocycles. The lowest BCUT2D eigenvalue weighted by atomic mass is 10.0. The van der Waals surface area contributed by atoms with E-state index in [9.17, 15) is 22.8 Å². The molecule has 3 aromatic carbocycles. The number of nitrogens with one attached hydrogen (secondary N) is 1. The van der Waals surface area contributed by atoms with Gasteiger partial charge in [-0.3, -0.25) is 14.4 Å². The predicted molar refractivity (Wildman–Crippen MR) is 144 cm³/mol. The fourth-order valence-electron chi connectivity index (χ4n) is 4.53. The summed E-state index contributed by atoms with van der Waals surface area (Å²) in [6.45, 7) is 4.02. The number of nitrogens with zero attached hydrogens (tertiary/aromatic N) is 2. The molecule has 0 aromatic heterocycles. The third kappa shape index (κ3) is 5.78. The van der Waals surface area contributed by atoms with Crippen LogP contribution in [0.4, 0.5) is 0 Å². The molecule has 4 rings (SSSR count). The predicted octanol–water partition coefficient (Wildman–Crippen LogP) is 3.31. The Kier molecular flexibility index (Phi) is 8.26. The van der Waals surface area contributed by atoms with Crippen molar-refractivity contribution in [3.63, 3.8) is 0 Å². The van der Waals surface area contributed by atoms with Gasteiger partial charge in [0.1, 0.15) is 10.9 Å². The highest BCUT2D eigenvalue weighted by atomic mass is 32.2. The maximum Gasteiger partial charge on any atom is 0.269 e. The Balaban J connectivity index is 1.62. The molecule has 1 aliphatic heterocycles. The first-order valence-electron chi connectivity index (χ1n) is 12.5. The van der Waals surface area contributed by atoms with E-state index >= 15 is 0 Å². The van der Waals surface area contributed by atoms with E-state index in [1.807, 2.05) is 68.4 Å². The Morgan fingerprint density at radius 1 is 0.921 bits per heavy atom. The van der Waals surface area contributed by atoms with Gasteiger partial charge in [0, 0.05) is 32.5 Å². The number of benzene rings is 3. The first-order valence-corrected chi connectivity index (χ1v) is 14.0. The number of carbonyl (C=O) groups excluding carboxylic acids is 3. The van der Waals surface area contributed by atoms with Crippen LogP contribution in [-0.4, -0.2) is 54.5 Å². The molecule has 0 saturated heterocycles. The van der Waals surface area contributed by atoms with Crippen LogP contribution in [-0.2, 0) is 32.6 Å². The molecule has 3 aromatic rings. The zero-order chi connectivity index (χ0) is 27.3. The topological polar surface area (TPSA) is 104 Å². The molecule has 0 spiro atoms. The number of fused-ring (bicyclic) bond motifs is 1. The Hall–Kier alpha value is -3.98. The van der Waals surface area contributed by atoms with Crippen LogP contribution in [0, 0.1) is 6.92 Å². The number of amides is 3. The van der Waals surface area contributed by atoms with E-state index in [1.54, 1.807) is 12.1 Å². The molecule has 0 bridgehead atoms. The number of hydrogen-bond acceptors (Lipinski definition) is 5. The Labute approximate surface area is 223 Å². The summed E-state index contributed by atoms with van der Waals surface area (Å²) in [4.78, 5) is 41.2. The van der Waals surface area contributed by atoms with Gasteiger partial charge in [-0.1, -0.05) is 72.3 Å². The van der Waals surface area contributed by atoms with Crippen LogP contribution >= 0.6 is 0 Å². The Bertz CT molecular complexity index is 1420. The van der Waals surface area contributed by atoms with Gasteiger partial charge < -0.3 is 10.2 Å². The summed E-state index contributed by atoms with van der Waals surface area (Å²) >= 11 is 0. The molecule has 8 nitrogen and oxygen atoms in total. The minimum absolute atomic E-state index is 0.0572. The van der Waals surface area contributed by atoms with Crippen LogP contribution in [0.1, 0.15) is 40.4 Å². The average Bonchev–Trinajstić information content (AvgIpc) is 3.11. The number of carbonyl (C=O) groups is 3. The summed E-state index contributed by atoms with van der Waals surface area (Å²) in [5.74, 6) is -1.37. The standard InChI is InChI=1S/C29H31N3O5S/c1-3-30-28(34)25(19-22-9-5-4-6-10-22)31(20-23-15-13-21(2)14-16-23)27(33)17-18-32-29(35)24-11-7-8-12-26(24)38(32,36)37/h4-16,25H,3,17-20H2,1-2H3,(H,30,34)/t25-/m0/s1. The van der Waals surface area contributed by atoms with E-state index in [2.05, 4.69) is 5.32 Å². The normalized spacial score (nSPS) is 14.6. The lowest BCUT2D eigenvalue weighted by molar-refractivity contribution is -0.141. The van der Waals surface area contributed by atoms with Crippen molar-refractivity contribution in [2.75, 3.05) is 13.1 Å². The zero-order valence-electron chi connectivity index (χ0n) is 21.5. The molecule has 9 heteroatoms. The van der Waals surface area contributed by atoms with Gasteiger partial charge in [0.25, 0.3) is 15.9 Å². The van der Waals surface area contributed by atoms with Crippen molar-refractivity contribution < 1.29 is 22.8 Å². The van der Waals surface area contributed by atoms with Gasteiger partial charge in [-0.2, -0.15) is 0 Å². The molecule has 0 radical (unpaired) electrons. The van der Waals surface area contributed by atoms with Gasteiger partial charge in [-0.25, -0.2) is 12.7 Å². The van der Waals surface area contributed by atoms with Crippen LogP contribution in [0.25, 0.3) is 0 Å². The smallest absolute Gasteiger partial charge is 0.269 e. The molecule has 38 heavy (non-hydrogen) atoms. The van der Waals surface area contributed by atoms with Gasteiger partial charge >= 0.3 is 0 Å². The molecule has 1 aliphatic rings. The number of sulfonamides is 1. The summed E-state index contributed by atoms with van der Waals surface area (Å²) in [7, 11) is -4.04. The van der Waals surface area contributed by atoms with Gasteiger partial charge in [0.05, 0.1) is 5.56 Å². The van der Waals surface area contributed by atoms with E-state index in [0.717, 1.165) is 21.0 Å².